The Kier molecular flexibility index (Phi) is 1.85. The van der Waals surface area contributed by atoms with E-state index in [2.05, 4.69) is 16.9 Å². The molecule has 0 saturated heterocycles. The molecule has 0 aliphatic rings. The molecule has 2 aromatic heterocycles. The second-order valence-corrected chi connectivity index (χ2v) is 2.90. The number of aromatic amines is 1. The molecule has 0 amide bonds. The van der Waals surface area contributed by atoms with Crippen LogP contribution < -0.4 is 5.56 Å². The third-order valence-electron chi connectivity index (χ3n) is 2.13. The van der Waals surface area contributed by atoms with E-state index in [0.717, 1.165) is 17.4 Å². The first-order chi connectivity index (χ1) is 6.33. The van der Waals surface area contributed by atoms with E-state index in [9.17, 15) is 4.79 Å². The number of nitrogens with zero attached hydrogens (tertiary/aromatic N) is 1. The van der Waals surface area contributed by atoms with Gasteiger partial charge in [0.15, 0.2) is 0 Å². The maximum Gasteiger partial charge on any atom is 0.274 e. The van der Waals surface area contributed by atoms with Crippen LogP contribution in [-0.4, -0.2) is 9.97 Å². The van der Waals surface area contributed by atoms with E-state index >= 15 is 0 Å². The van der Waals surface area contributed by atoms with Crippen molar-refractivity contribution in [1.29, 1.82) is 0 Å². The lowest BCUT2D eigenvalue weighted by Crippen LogP contribution is -2.08. The molecule has 0 spiro atoms. The molecule has 66 valence electrons. The summed E-state index contributed by atoms with van der Waals surface area (Å²) in [6.07, 6.45) is 4.29. The molecule has 0 unspecified atom stereocenters. The van der Waals surface area contributed by atoms with Crippen LogP contribution in [0.25, 0.3) is 10.9 Å². The van der Waals surface area contributed by atoms with Crippen molar-refractivity contribution in [2.45, 2.75) is 13.3 Å². The Balaban J connectivity index is 2.93. The standard InChI is InChI=1S/C10H10N2O/c1-2-7-6-12-10(13)9-8(7)4-3-5-11-9/h3-6H,2H2,1H3,(H,12,13). The van der Waals surface area contributed by atoms with Crippen molar-refractivity contribution in [1.82, 2.24) is 9.97 Å². The van der Waals surface area contributed by atoms with Crippen LogP contribution >= 0.6 is 0 Å². The van der Waals surface area contributed by atoms with Gasteiger partial charge < -0.3 is 4.98 Å². The van der Waals surface area contributed by atoms with E-state index in [1.807, 2.05) is 12.1 Å². The number of pyridine rings is 2. The fourth-order valence-corrected chi connectivity index (χ4v) is 1.44. The van der Waals surface area contributed by atoms with Crippen LogP contribution in [0.3, 0.4) is 0 Å². The first kappa shape index (κ1) is 7.98. The zero-order valence-corrected chi connectivity index (χ0v) is 7.37. The lowest BCUT2D eigenvalue weighted by molar-refractivity contribution is 1.10. The van der Waals surface area contributed by atoms with Gasteiger partial charge in [0.2, 0.25) is 0 Å². The minimum absolute atomic E-state index is 0.118. The predicted molar refractivity (Wildman–Crippen MR) is 51.7 cm³/mol. The highest BCUT2D eigenvalue weighted by atomic mass is 16.1. The third kappa shape index (κ3) is 1.22. The van der Waals surface area contributed by atoms with Gasteiger partial charge in [0.25, 0.3) is 5.56 Å². The molecular formula is C10H10N2O. The van der Waals surface area contributed by atoms with Gasteiger partial charge in [0, 0.05) is 17.8 Å². The van der Waals surface area contributed by atoms with Crippen molar-refractivity contribution in [2.75, 3.05) is 0 Å². The first-order valence-electron chi connectivity index (χ1n) is 4.28. The molecule has 2 aromatic rings. The van der Waals surface area contributed by atoms with Crippen molar-refractivity contribution in [2.24, 2.45) is 0 Å². The van der Waals surface area contributed by atoms with E-state index < -0.39 is 0 Å². The van der Waals surface area contributed by atoms with Crippen molar-refractivity contribution in [3.63, 3.8) is 0 Å². The minimum Gasteiger partial charge on any atom is -0.327 e. The van der Waals surface area contributed by atoms with E-state index in [1.54, 1.807) is 12.4 Å². The molecular weight excluding hydrogens is 164 g/mol. The van der Waals surface area contributed by atoms with Crippen molar-refractivity contribution in [3.05, 3.63) is 40.4 Å². The van der Waals surface area contributed by atoms with Crippen LogP contribution in [0.1, 0.15) is 12.5 Å². The average molecular weight is 174 g/mol. The van der Waals surface area contributed by atoms with E-state index in [-0.39, 0.29) is 5.56 Å². The summed E-state index contributed by atoms with van der Waals surface area (Å²) < 4.78 is 0. The highest BCUT2D eigenvalue weighted by Crippen LogP contribution is 2.11. The molecule has 0 aliphatic carbocycles. The zero-order chi connectivity index (χ0) is 9.26. The maximum atomic E-state index is 11.3. The topological polar surface area (TPSA) is 45.8 Å². The summed E-state index contributed by atoms with van der Waals surface area (Å²) in [4.78, 5) is 18.1. The summed E-state index contributed by atoms with van der Waals surface area (Å²) >= 11 is 0. The van der Waals surface area contributed by atoms with Crippen LogP contribution in [0.5, 0.6) is 0 Å². The summed E-state index contributed by atoms with van der Waals surface area (Å²) in [6, 6.07) is 3.78. The lowest BCUT2D eigenvalue weighted by Gasteiger charge is -2.00. The van der Waals surface area contributed by atoms with Gasteiger partial charge in [-0.25, -0.2) is 0 Å². The van der Waals surface area contributed by atoms with Crippen molar-refractivity contribution >= 4 is 10.9 Å². The third-order valence-corrected chi connectivity index (χ3v) is 2.13. The average Bonchev–Trinajstić information content (AvgIpc) is 2.19. The molecule has 3 heteroatoms. The number of aromatic nitrogens is 2. The monoisotopic (exact) mass is 174 g/mol. The normalized spacial score (nSPS) is 10.5. The quantitative estimate of drug-likeness (QED) is 0.711. The summed E-state index contributed by atoms with van der Waals surface area (Å²) in [7, 11) is 0. The predicted octanol–water partition coefficient (Wildman–Crippen LogP) is 1.49. The second-order valence-electron chi connectivity index (χ2n) is 2.90. The lowest BCUT2D eigenvalue weighted by atomic mass is 10.1. The van der Waals surface area contributed by atoms with Gasteiger partial charge in [-0.1, -0.05) is 13.0 Å². The Morgan fingerprint density at radius 2 is 2.38 bits per heavy atom. The molecule has 2 rings (SSSR count). The molecule has 0 fully saturated rings. The summed E-state index contributed by atoms with van der Waals surface area (Å²) in [6.45, 7) is 2.06. The van der Waals surface area contributed by atoms with Crippen LogP contribution in [-0.2, 0) is 6.42 Å². The van der Waals surface area contributed by atoms with Crippen LogP contribution in [0.15, 0.2) is 29.3 Å². The van der Waals surface area contributed by atoms with Gasteiger partial charge >= 0.3 is 0 Å². The smallest absolute Gasteiger partial charge is 0.274 e. The largest absolute Gasteiger partial charge is 0.327 e. The Bertz CT molecular complexity index is 487. The van der Waals surface area contributed by atoms with Gasteiger partial charge in [0.1, 0.15) is 5.52 Å². The van der Waals surface area contributed by atoms with Crippen LogP contribution in [0, 0.1) is 0 Å². The highest BCUT2D eigenvalue weighted by molar-refractivity contribution is 5.80. The maximum absolute atomic E-state index is 11.3. The number of H-pyrrole nitrogens is 1. The van der Waals surface area contributed by atoms with Crippen LogP contribution in [0.4, 0.5) is 0 Å². The van der Waals surface area contributed by atoms with Gasteiger partial charge in [-0.05, 0) is 18.1 Å². The molecule has 2 heterocycles. The SMILES string of the molecule is CCc1c[nH]c(=O)c2ncccc12. The minimum atomic E-state index is -0.118. The molecule has 3 nitrogen and oxygen atoms in total. The first-order valence-corrected chi connectivity index (χ1v) is 4.28. The molecule has 0 radical (unpaired) electrons. The Labute approximate surface area is 75.4 Å². The van der Waals surface area contributed by atoms with E-state index in [1.165, 1.54) is 0 Å². The number of hydrogen-bond donors (Lipinski definition) is 1. The van der Waals surface area contributed by atoms with Gasteiger partial charge in [0.05, 0.1) is 0 Å². The number of rotatable bonds is 1. The molecule has 0 aromatic carbocycles. The summed E-state index contributed by atoms with van der Waals surface area (Å²) in [5.41, 5.74) is 1.54. The highest BCUT2D eigenvalue weighted by Gasteiger charge is 2.02. The molecule has 0 aliphatic heterocycles. The number of fused-ring (bicyclic) bond motifs is 1. The molecule has 0 atom stereocenters. The molecule has 0 saturated carbocycles. The number of nitrogens with one attached hydrogen (secondary N) is 1. The van der Waals surface area contributed by atoms with Crippen LogP contribution in [0.2, 0.25) is 0 Å². The van der Waals surface area contributed by atoms with Crippen molar-refractivity contribution in [3.8, 4) is 0 Å². The van der Waals surface area contributed by atoms with Gasteiger partial charge in [-0.2, -0.15) is 0 Å². The Morgan fingerprint density at radius 3 is 3.15 bits per heavy atom. The molecule has 0 bridgehead atoms. The van der Waals surface area contributed by atoms with Gasteiger partial charge in [-0.3, -0.25) is 9.78 Å². The van der Waals surface area contributed by atoms with Crippen molar-refractivity contribution < 1.29 is 0 Å². The number of aryl methyl sites for hydroxylation is 1. The zero-order valence-electron chi connectivity index (χ0n) is 7.37. The fourth-order valence-electron chi connectivity index (χ4n) is 1.44. The molecule has 13 heavy (non-hydrogen) atoms. The van der Waals surface area contributed by atoms with E-state index in [0.29, 0.717) is 5.52 Å². The Hall–Kier alpha value is -1.64. The summed E-state index contributed by atoms with van der Waals surface area (Å²) in [5.74, 6) is 0. The second kappa shape index (κ2) is 3.01. The van der Waals surface area contributed by atoms with Gasteiger partial charge in [-0.15, -0.1) is 0 Å². The van der Waals surface area contributed by atoms with E-state index in [4.69, 9.17) is 0 Å². The molecule has 1 N–H and O–H groups in total. The fraction of sp³-hybridized carbons (Fsp3) is 0.200. The summed E-state index contributed by atoms with van der Waals surface area (Å²) in [5, 5.41) is 0.953. The number of hydrogen-bond acceptors (Lipinski definition) is 2. The Morgan fingerprint density at radius 1 is 1.54 bits per heavy atom.